The first-order valence-corrected chi connectivity index (χ1v) is 0. The van der Waals surface area contributed by atoms with Crippen molar-refractivity contribution in [3.8, 4) is 0 Å². The van der Waals surface area contributed by atoms with Gasteiger partial charge in [0.2, 0.25) is 0 Å². The molecule has 0 unspecified atom stereocenters. The van der Waals surface area contributed by atoms with E-state index >= 15 is 0 Å². The zero-order valence-electron chi connectivity index (χ0n) is 1.82. The van der Waals surface area contributed by atoms with E-state index in [4.69, 9.17) is 0 Å². The van der Waals surface area contributed by atoms with Gasteiger partial charge >= 0.3 is 54.6 Å². The van der Waals surface area contributed by atoms with Crippen LogP contribution in [-0.2, 0) is 13.5 Å². The van der Waals surface area contributed by atoms with E-state index in [9.17, 15) is 0 Å². The van der Waals surface area contributed by atoms with E-state index in [1.54, 1.807) is 0 Å². The summed E-state index contributed by atoms with van der Waals surface area (Å²) >= 11 is 0. The van der Waals surface area contributed by atoms with Gasteiger partial charge in [0.15, 0.2) is 0 Å². The summed E-state index contributed by atoms with van der Waals surface area (Å²) in [5.74, 6) is 0. The summed E-state index contributed by atoms with van der Waals surface area (Å²) in [6, 6.07) is 0. The molecule has 0 aromatic heterocycles. The molecule has 0 saturated carbocycles. The summed E-state index contributed by atoms with van der Waals surface area (Å²) in [6.45, 7) is 0. The van der Waals surface area contributed by atoms with Crippen LogP contribution in [0.25, 0.3) is 0 Å². The molecule has 0 amide bonds. The van der Waals surface area contributed by atoms with Crippen LogP contribution in [0, 0.1) is 0 Å². The third-order valence-corrected chi connectivity index (χ3v) is 0. The van der Waals surface area contributed by atoms with Crippen LogP contribution in [0.3, 0.4) is 0 Å². The molecule has 0 fully saturated rings. The fraction of sp³-hybridized carbons (Fsp3) is 0. The summed E-state index contributed by atoms with van der Waals surface area (Å²) in [5, 5.41) is 0. The average Bonchev–Trinajstić information content (AvgIpc) is 0. The van der Waals surface area contributed by atoms with Gasteiger partial charge in [-0.05, 0) is 0 Å². The second-order valence-electron chi connectivity index (χ2n) is 0. The first kappa shape index (κ1) is 29.8. The van der Waals surface area contributed by atoms with Gasteiger partial charge in [-0.3, -0.25) is 0 Å². The van der Waals surface area contributed by atoms with E-state index in [0.29, 0.717) is 0 Å². The summed E-state index contributed by atoms with van der Waals surface area (Å²) < 4.78 is 0. The second kappa shape index (κ2) is 17.2. The van der Waals surface area contributed by atoms with Crippen molar-refractivity contribution in [2.24, 2.45) is 0 Å². The molecule has 4 heteroatoms. The molecule has 0 heterocycles. The van der Waals surface area contributed by atoms with Gasteiger partial charge in [-0.15, -0.1) is 0 Å². The van der Waals surface area contributed by atoms with Crippen molar-refractivity contribution in [1.82, 2.24) is 0 Å². The van der Waals surface area contributed by atoms with Gasteiger partial charge in [-0.1, -0.05) is 0 Å². The standard InChI is InChI=1S/2Pb.S.Se/q2*+2;2*-2. The predicted octanol–water partition coefficient (Wildman–Crippen LogP) is -1.14. The Kier molecular flexibility index (Phi) is 128. The molecular formula is Pb2SSe. The minimum absolute atomic E-state index is 0. The van der Waals surface area contributed by atoms with Crippen LogP contribution in [0.15, 0.2) is 0 Å². The third-order valence-electron chi connectivity index (χ3n) is 0. The van der Waals surface area contributed by atoms with Gasteiger partial charge in [0.05, 0.1) is 0 Å². The molecule has 0 N–H and O–H groups in total. The first-order valence-electron chi connectivity index (χ1n) is 0. The largest absolute Gasteiger partial charge is 2.00 e. The molecule has 4 heavy (non-hydrogen) atoms. The van der Waals surface area contributed by atoms with E-state index in [2.05, 4.69) is 0 Å². The van der Waals surface area contributed by atoms with Gasteiger partial charge in [-0.25, -0.2) is 0 Å². The van der Waals surface area contributed by atoms with Crippen LogP contribution < -0.4 is 0 Å². The van der Waals surface area contributed by atoms with E-state index in [-0.39, 0.29) is 85.2 Å². The molecule has 20 valence electrons. The van der Waals surface area contributed by atoms with Crippen molar-refractivity contribution in [2.45, 2.75) is 0 Å². The Hall–Kier alpha value is 2.71. The Balaban J connectivity index is 0. The zero-order chi connectivity index (χ0) is 0. The maximum Gasteiger partial charge on any atom is 2.00 e. The fourth-order valence-corrected chi connectivity index (χ4v) is 0. The molecular weight excluding hydrogens is 525 g/mol. The normalized spacial score (nSPS) is 0. The molecule has 0 aliphatic heterocycles. The molecule has 4 radical (unpaired) electrons. The Labute approximate surface area is 83.7 Å². The van der Waals surface area contributed by atoms with E-state index in [1.165, 1.54) is 0 Å². The molecule has 0 spiro atoms. The summed E-state index contributed by atoms with van der Waals surface area (Å²) in [7, 11) is 0. The van der Waals surface area contributed by atoms with Crippen molar-refractivity contribution in [1.29, 1.82) is 0 Å². The molecule has 0 aromatic rings. The Morgan fingerprint density at radius 3 is 0.750 bits per heavy atom. The van der Waals surface area contributed by atoms with Crippen molar-refractivity contribution in [3.05, 3.63) is 0 Å². The van der Waals surface area contributed by atoms with Crippen molar-refractivity contribution >= 4 is 85.2 Å². The van der Waals surface area contributed by atoms with E-state index < -0.39 is 0 Å². The topological polar surface area (TPSA) is 0 Å². The van der Waals surface area contributed by atoms with Crippen molar-refractivity contribution < 1.29 is 0 Å². The summed E-state index contributed by atoms with van der Waals surface area (Å²) in [4.78, 5) is 0. The molecule has 0 nitrogen and oxygen atoms in total. The Morgan fingerprint density at radius 2 is 0.750 bits per heavy atom. The van der Waals surface area contributed by atoms with Crippen molar-refractivity contribution in [3.63, 3.8) is 0 Å². The summed E-state index contributed by atoms with van der Waals surface area (Å²) in [6.07, 6.45) is 0. The average molecular weight is 525 g/mol. The molecule has 0 rings (SSSR count). The molecule has 0 aromatic carbocycles. The second-order valence-corrected chi connectivity index (χ2v) is 0. The number of hydrogen-bond acceptors (Lipinski definition) is 0. The maximum absolute atomic E-state index is 0. The third kappa shape index (κ3) is 8.83. The van der Waals surface area contributed by atoms with E-state index in [0.717, 1.165) is 0 Å². The smallest absolute Gasteiger partial charge is 2.00 e. The predicted molar refractivity (Wildman–Crippen MR) is 24.6 cm³/mol. The molecule has 0 aliphatic rings. The van der Waals surface area contributed by atoms with Crippen LogP contribution in [0.4, 0.5) is 0 Å². The minimum Gasteiger partial charge on any atom is -2.00 e. The van der Waals surface area contributed by atoms with Crippen LogP contribution in [0.2, 0.25) is 0 Å². The fourth-order valence-electron chi connectivity index (χ4n) is 0. The Morgan fingerprint density at radius 1 is 0.750 bits per heavy atom. The quantitative estimate of drug-likeness (QED) is 0.351. The van der Waals surface area contributed by atoms with Gasteiger partial charge < -0.3 is 30.6 Å². The first-order chi connectivity index (χ1) is 0. The van der Waals surface area contributed by atoms with E-state index in [1.807, 2.05) is 0 Å². The monoisotopic (exact) mass is 528 g/mol. The van der Waals surface area contributed by atoms with Crippen LogP contribution in [0.1, 0.15) is 0 Å². The number of rotatable bonds is 0. The van der Waals surface area contributed by atoms with Gasteiger partial charge in [0, 0.05) is 0 Å². The Bertz CT molecular complexity index is 6.00. The van der Waals surface area contributed by atoms with Gasteiger partial charge in [0.25, 0.3) is 0 Å². The summed E-state index contributed by atoms with van der Waals surface area (Å²) in [5.41, 5.74) is 0. The van der Waals surface area contributed by atoms with Crippen LogP contribution >= 0.6 is 0 Å². The molecule has 0 saturated heterocycles. The van der Waals surface area contributed by atoms with Crippen LogP contribution in [0.5, 0.6) is 0 Å². The molecule has 0 atom stereocenters. The minimum atomic E-state index is 0. The SMILES string of the molecule is [Pb+2].[Pb+2].[S-2].[Se-2]. The molecule has 0 aliphatic carbocycles. The number of hydrogen-bond donors (Lipinski definition) is 0. The maximum atomic E-state index is 0. The zero-order valence-corrected chi connectivity index (χ0v) is 12.1. The van der Waals surface area contributed by atoms with Gasteiger partial charge in [-0.2, -0.15) is 0 Å². The van der Waals surface area contributed by atoms with Crippen LogP contribution in [-0.4, -0.2) is 71.7 Å². The molecule has 0 bridgehead atoms. The van der Waals surface area contributed by atoms with Crippen molar-refractivity contribution in [2.75, 3.05) is 0 Å². The van der Waals surface area contributed by atoms with Gasteiger partial charge in [0.1, 0.15) is 0 Å².